The molecule has 84 valence electrons. The Kier molecular flexibility index (Phi) is 4.61. The van der Waals surface area contributed by atoms with Gasteiger partial charge in [0.1, 0.15) is 5.75 Å². The highest BCUT2D eigenvalue weighted by Crippen LogP contribution is 2.25. The summed E-state index contributed by atoms with van der Waals surface area (Å²) in [5.41, 5.74) is 0.143. The molecule has 15 heavy (non-hydrogen) atoms. The molecule has 0 unspecified atom stereocenters. The number of rotatable bonds is 5. The number of benzene rings is 1. The van der Waals surface area contributed by atoms with Crippen LogP contribution < -0.4 is 10.1 Å². The molecule has 0 heterocycles. The largest absolute Gasteiger partial charge is 0.492 e. The average Bonchev–Trinajstić information content (AvgIpc) is 2.16. The summed E-state index contributed by atoms with van der Waals surface area (Å²) in [4.78, 5) is 0. The number of ether oxygens (including phenoxy) is 1. The first-order valence-corrected chi connectivity index (χ1v) is 5.86. The number of para-hydroxylation sites is 1. The zero-order valence-corrected chi connectivity index (χ0v) is 11.1. The Labute approximate surface area is 100 Å². The smallest absolute Gasteiger partial charge is 0.133 e. The van der Waals surface area contributed by atoms with Gasteiger partial charge in [0, 0.05) is 12.0 Å². The Hall–Kier alpha value is -0.540. The van der Waals surface area contributed by atoms with E-state index in [4.69, 9.17) is 4.74 Å². The van der Waals surface area contributed by atoms with Crippen LogP contribution in [0.1, 0.15) is 13.8 Å². The van der Waals surface area contributed by atoms with Crippen molar-refractivity contribution in [2.75, 3.05) is 20.2 Å². The highest BCUT2D eigenvalue weighted by Gasteiger charge is 2.18. The minimum atomic E-state index is 0.143. The zero-order chi connectivity index (χ0) is 11.3. The van der Waals surface area contributed by atoms with Crippen molar-refractivity contribution in [2.45, 2.75) is 13.8 Å². The third kappa shape index (κ3) is 4.22. The van der Waals surface area contributed by atoms with E-state index < -0.39 is 0 Å². The lowest BCUT2D eigenvalue weighted by Gasteiger charge is -2.24. The van der Waals surface area contributed by atoms with Gasteiger partial charge in [-0.05, 0) is 35.1 Å². The van der Waals surface area contributed by atoms with Crippen LogP contribution in [-0.2, 0) is 0 Å². The van der Waals surface area contributed by atoms with Crippen molar-refractivity contribution in [3.63, 3.8) is 0 Å². The first-order chi connectivity index (χ1) is 7.05. The topological polar surface area (TPSA) is 21.3 Å². The van der Waals surface area contributed by atoms with Crippen molar-refractivity contribution >= 4 is 15.9 Å². The van der Waals surface area contributed by atoms with Crippen molar-refractivity contribution < 1.29 is 4.74 Å². The minimum absolute atomic E-state index is 0.143. The van der Waals surface area contributed by atoms with Gasteiger partial charge in [0.25, 0.3) is 0 Å². The van der Waals surface area contributed by atoms with Crippen LogP contribution in [0, 0.1) is 5.41 Å². The monoisotopic (exact) mass is 271 g/mol. The van der Waals surface area contributed by atoms with Crippen LogP contribution >= 0.6 is 15.9 Å². The molecule has 0 saturated carbocycles. The van der Waals surface area contributed by atoms with E-state index in [1.165, 1.54) is 0 Å². The molecule has 1 rings (SSSR count). The van der Waals surface area contributed by atoms with Gasteiger partial charge in [-0.15, -0.1) is 0 Å². The van der Waals surface area contributed by atoms with E-state index in [-0.39, 0.29) is 5.41 Å². The third-order valence-corrected chi connectivity index (χ3v) is 2.77. The summed E-state index contributed by atoms with van der Waals surface area (Å²) >= 11 is 3.46. The first-order valence-electron chi connectivity index (χ1n) is 5.07. The first kappa shape index (κ1) is 12.5. The molecule has 0 aliphatic heterocycles. The Morgan fingerprint density at radius 3 is 2.60 bits per heavy atom. The van der Waals surface area contributed by atoms with Crippen LogP contribution in [0.25, 0.3) is 0 Å². The van der Waals surface area contributed by atoms with Gasteiger partial charge in [0.05, 0.1) is 11.1 Å². The Morgan fingerprint density at radius 2 is 2.00 bits per heavy atom. The summed E-state index contributed by atoms with van der Waals surface area (Å²) in [5.74, 6) is 0.904. The molecule has 1 aromatic rings. The summed E-state index contributed by atoms with van der Waals surface area (Å²) in [6.07, 6.45) is 0. The number of halogens is 1. The van der Waals surface area contributed by atoms with E-state index in [1.807, 2.05) is 31.3 Å². The highest BCUT2D eigenvalue weighted by molar-refractivity contribution is 9.10. The molecular weight excluding hydrogens is 254 g/mol. The van der Waals surface area contributed by atoms with Crippen LogP contribution in [0.5, 0.6) is 5.75 Å². The maximum atomic E-state index is 5.77. The van der Waals surface area contributed by atoms with Crippen molar-refractivity contribution in [1.82, 2.24) is 5.32 Å². The number of nitrogens with one attached hydrogen (secondary N) is 1. The van der Waals surface area contributed by atoms with E-state index in [1.54, 1.807) is 0 Å². The van der Waals surface area contributed by atoms with E-state index >= 15 is 0 Å². The van der Waals surface area contributed by atoms with Crippen molar-refractivity contribution in [3.8, 4) is 5.75 Å². The second-order valence-corrected chi connectivity index (χ2v) is 5.27. The van der Waals surface area contributed by atoms with Gasteiger partial charge in [0.2, 0.25) is 0 Å². The van der Waals surface area contributed by atoms with Gasteiger partial charge in [-0.1, -0.05) is 26.0 Å². The fraction of sp³-hybridized carbons (Fsp3) is 0.500. The van der Waals surface area contributed by atoms with Crippen LogP contribution in [0.2, 0.25) is 0 Å². The molecule has 0 aromatic heterocycles. The number of hydrogen-bond acceptors (Lipinski definition) is 2. The van der Waals surface area contributed by atoms with Gasteiger partial charge in [-0.2, -0.15) is 0 Å². The normalized spacial score (nSPS) is 11.5. The standard InChI is InChI=1S/C12H18BrNO/c1-12(2,8-14-3)9-15-11-7-5-4-6-10(11)13/h4-7,14H,8-9H2,1-3H3. The van der Waals surface area contributed by atoms with Crippen molar-refractivity contribution in [2.24, 2.45) is 5.41 Å². The molecule has 1 N–H and O–H groups in total. The minimum Gasteiger partial charge on any atom is -0.492 e. The lowest BCUT2D eigenvalue weighted by Crippen LogP contribution is -2.32. The molecule has 3 heteroatoms. The second-order valence-electron chi connectivity index (χ2n) is 4.41. The van der Waals surface area contributed by atoms with E-state index in [2.05, 4.69) is 35.1 Å². The summed E-state index contributed by atoms with van der Waals surface area (Å²) in [5, 5.41) is 3.17. The van der Waals surface area contributed by atoms with Gasteiger partial charge < -0.3 is 10.1 Å². The molecule has 0 bridgehead atoms. The molecule has 0 spiro atoms. The Balaban J connectivity index is 2.53. The number of hydrogen-bond donors (Lipinski definition) is 1. The summed E-state index contributed by atoms with van der Waals surface area (Å²) in [6, 6.07) is 7.92. The lowest BCUT2D eigenvalue weighted by molar-refractivity contribution is 0.178. The molecule has 0 atom stereocenters. The Morgan fingerprint density at radius 1 is 1.33 bits per heavy atom. The predicted octanol–water partition coefficient (Wildman–Crippen LogP) is 3.07. The highest BCUT2D eigenvalue weighted by atomic mass is 79.9. The van der Waals surface area contributed by atoms with Gasteiger partial charge in [-0.25, -0.2) is 0 Å². The van der Waals surface area contributed by atoms with Crippen LogP contribution in [0.15, 0.2) is 28.7 Å². The molecule has 2 nitrogen and oxygen atoms in total. The molecule has 0 radical (unpaired) electrons. The third-order valence-electron chi connectivity index (χ3n) is 2.11. The maximum absolute atomic E-state index is 5.77. The summed E-state index contributed by atoms with van der Waals surface area (Å²) in [6.45, 7) is 6.01. The Bertz CT molecular complexity index is 312. The summed E-state index contributed by atoms with van der Waals surface area (Å²) < 4.78 is 6.77. The molecule has 0 fully saturated rings. The van der Waals surface area contributed by atoms with Crippen molar-refractivity contribution in [3.05, 3.63) is 28.7 Å². The van der Waals surface area contributed by atoms with Gasteiger partial charge in [0.15, 0.2) is 0 Å². The zero-order valence-electron chi connectivity index (χ0n) is 9.51. The quantitative estimate of drug-likeness (QED) is 0.889. The van der Waals surface area contributed by atoms with E-state index in [0.717, 1.165) is 16.8 Å². The van der Waals surface area contributed by atoms with Crippen LogP contribution in [-0.4, -0.2) is 20.2 Å². The van der Waals surface area contributed by atoms with E-state index in [9.17, 15) is 0 Å². The molecular formula is C12H18BrNO. The molecule has 1 aromatic carbocycles. The SMILES string of the molecule is CNCC(C)(C)COc1ccccc1Br. The molecule has 0 amide bonds. The van der Waals surface area contributed by atoms with Crippen LogP contribution in [0.3, 0.4) is 0 Å². The predicted molar refractivity (Wildman–Crippen MR) is 67.3 cm³/mol. The van der Waals surface area contributed by atoms with Crippen molar-refractivity contribution in [1.29, 1.82) is 0 Å². The van der Waals surface area contributed by atoms with Gasteiger partial charge >= 0.3 is 0 Å². The fourth-order valence-corrected chi connectivity index (χ4v) is 1.76. The maximum Gasteiger partial charge on any atom is 0.133 e. The molecule has 0 saturated heterocycles. The lowest BCUT2D eigenvalue weighted by atomic mass is 9.95. The summed E-state index contributed by atoms with van der Waals surface area (Å²) in [7, 11) is 1.96. The molecule has 0 aliphatic rings. The molecule has 0 aliphatic carbocycles. The van der Waals surface area contributed by atoms with Gasteiger partial charge in [-0.3, -0.25) is 0 Å². The van der Waals surface area contributed by atoms with Crippen LogP contribution in [0.4, 0.5) is 0 Å². The average molecular weight is 272 g/mol. The fourth-order valence-electron chi connectivity index (χ4n) is 1.36. The second kappa shape index (κ2) is 5.52. The van der Waals surface area contributed by atoms with E-state index in [0.29, 0.717) is 6.61 Å².